The maximum Gasteiger partial charge on any atom is 0.320 e. The van der Waals surface area contributed by atoms with Crippen molar-refractivity contribution in [2.45, 2.75) is 6.92 Å². The topological polar surface area (TPSA) is 108 Å². The molecule has 3 rings (SSSR count). The number of hydrogen-bond acceptors (Lipinski definition) is 5. The van der Waals surface area contributed by atoms with Gasteiger partial charge in [0.1, 0.15) is 5.82 Å². The van der Waals surface area contributed by atoms with Crippen LogP contribution in [0.1, 0.15) is 17.3 Å². The van der Waals surface area contributed by atoms with Crippen molar-refractivity contribution in [2.75, 3.05) is 22.5 Å². The van der Waals surface area contributed by atoms with Crippen molar-refractivity contribution in [1.82, 2.24) is 15.3 Å². The van der Waals surface area contributed by atoms with Crippen molar-refractivity contribution in [3.05, 3.63) is 72.7 Å². The highest BCUT2D eigenvalue weighted by Crippen LogP contribution is 2.24. The lowest BCUT2D eigenvalue weighted by atomic mass is 10.2. The van der Waals surface area contributed by atoms with E-state index >= 15 is 0 Å². The molecule has 8 heteroatoms. The molecule has 0 bridgehead atoms. The quantitative estimate of drug-likeness (QED) is 0.526. The van der Waals surface area contributed by atoms with E-state index in [0.717, 1.165) is 0 Å². The first-order chi connectivity index (χ1) is 13.7. The molecular weight excluding hydrogens is 356 g/mol. The van der Waals surface area contributed by atoms with Crippen LogP contribution in [-0.4, -0.2) is 28.5 Å². The molecule has 0 aliphatic heterocycles. The van der Waals surface area contributed by atoms with E-state index < -0.39 is 0 Å². The summed E-state index contributed by atoms with van der Waals surface area (Å²) in [6, 6.07) is 14.0. The summed E-state index contributed by atoms with van der Waals surface area (Å²) in [5.41, 5.74) is 2.19. The summed E-state index contributed by atoms with van der Waals surface area (Å²) in [6.07, 6.45) is 4.71. The van der Waals surface area contributed by atoms with Gasteiger partial charge in [-0.25, -0.2) is 9.78 Å². The predicted octanol–water partition coefficient (Wildman–Crippen LogP) is 3.61. The second-order valence-corrected chi connectivity index (χ2v) is 5.79. The maximum atomic E-state index is 12.8. The number of nitrogens with zero attached hydrogens (tertiary/aromatic N) is 2. The van der Waals surface area contributed by atoms with E-state index in [1.54, 1.807) is 36.7 Å². The Morgan fingerprint density at radius 2 is 1.75 bits per heavy atom. The lowest BCUT2D eigenvalue weighted by molar-refractivity contribution is 0.102. The zero-order chi connectivity index (χ0) is 19.8. The number of carbonyl (C=O) groups excluding carboxylic acids is 2. The van der Waals surface area contributed by atoms with Crippen LogP contribution in [0.25, 0.3) is 0 Å². The highest BCUT2D eigenvalue weighted by Gasteiger charge is 2.15. The monoisotopic (exact) mass is 376 g/mol. The number of benzene rings is 1. The van der Waals surface area contributed by atoms with Crippen molar-refractivity contribution in [1.29, 1.82) is 0 Å². The number of anilines is 4. The Hall–Kier alpha value is -3.94. The third kappa shape index (κ3) is 5.04. The largest absolute Gasteiger partial charge is 0.353 e. The Kier molecular flexibility index (Phi) is 6.14. The Labute approximate surface area is 162 Å². The number of urea groups is 1. The summed E-state index contributed by atoms with van der Waals surface area (Å²) in [4.78, 5) is 32.8. The SMILES string of the molecule is CCNC(=O)Nc1cc(Nc2cccnc2)c(C(=O)Nc2ccccc2)cn1. The minimum Gasteiger partial charge on any atom is -0.353 e. The van der Waals surface area contributed by atoms with Crippen LogP contribution in [0.3, 0.4) is 0 Å². The molecule has 0 saturated carbocycles. The van der Waals surface area contributed by atoms with Gasteiger partial charge in [0, 0.05) is 30.7 Å². The minimum atomic E-state index is -0.371. The van der Waals surface area contributed by atoms with Crippen LogP contribution in [0.4, 0.5) is 27.7 Å². The second kappa shape index (κ2) is 9.13. The molecule has 28 heavy (non-hydrogen) atoms. The maximum absolute atomic E-state index is 12.8. The highest BCUT2D eigenvalue weighted by molar-refractivity contribution is 6.08. The van der Waals surface area contributed by atoms with Gasteiger partial charge in [0.25, 0.3) is 5.91 Å². The van der Waals surface area contributed by atoms with Gasteiger partial charge in [0.2, 0.25) is 0 Å². The van der Waals surface area contributed by atoms with Gasteiger partial charge in [0.15, 0.2) is 0 Å². The Bertz CT molecular complexity index is 947. The molecule has 4 N–H and O–H groups in total. The first-order valence-corrected chi connectivity index (χ1v) is 8.74. The van der Waals surface area contributed by atoms with E-state index in [9.17, 15) is 9.59 Å². The van der Waals surface area contributed by atoms with Crippen LogP contribution < -0.4 is 21.3 Å². The first kappa shape index (κ1) is 18.8. The normalized spacial score (nSPS) is 10.0. The van der Waals surface area contributed by atoms with Crippen molar-refractivity contribution in [3.63, 3.8) is 0 Å². The van der Waals surface area contributed by atoms with Gasteiger partial charge < -0.3 is 16.0 Å². The molecule has 0 aliphatic carbocycles. The summed E-state index contributed by atoms with van der Waals surface area (Å²) < 4.78 is 0. The average molecular weight is 376 g/mol. The first-order valence-electron chi connectivity index (χ1n) is 8.74. The average Bonchev–Trinajstić information content (AvgIpc) is 2.70. The highest BCUT2D eigenvalue weighted by atomic mass is 16.2. The van der Waals surface area contributed by atoms with Crippen LogP contribution in [0, 0.1) is 0 Å². The molecule has 142 valence electrons. The molecule has 0 atom stereocenters. The molecule has 0 radical (unpaired) electrons. The van der Waals surface area contributed by atoms with Gasteiger partial charge in [-0.2, -0.15) is 0 Å². The van der Waals surface area contributed by atoms with E-state index in [0.29, 0.717) is 35.0 Å². The molecule has 8 nitrogen and oxygen atoms in total. The summed E-state index contributed by atoms with van der Waals surface area (Å²) in [7, 11) is 0. The molecule has 0 unspecified atom stereocenters. The lowest BCUT2D eigenvalue weighted by Crippen LogP contribution is -2.28. The minimum absolute atomic E-state index is 0.314. The van der Waals surface area contributed by atoms with Crippen molar-refractivity contribution < 1.29 is 9.59 Å². The molecule has 2 aromatic heterocycles. The second-order valence-electron chi connectivity index (χ2n) is 5.79. The van der Waals surface area contributed by atoms with Crippen molar-refractivity contribution in [2.24, 2.45) is 0 Å². The van der Waals surface area contributed by atoms with Crippen molar-refractivity contribution in [3.8, 4) is 0 Å². The molecular formula is C20H20N6O2. The van der Waals surface area contributed by atoms with Crippen molar-refractivity contribution >= 4 is 34.8 Å². The van der Waals surface area contributed by atoms with Crippen LogP contribution in [0.2, 0.25) is 0 Å². The number of carbonyl (C=O) groups is 2. The molecule has 0 spiro atoms. The van der Waals surface area contributed by atoms with Crippen LogP contribution >= 0.6 is 0 Å². The number of aromatic nitrogens is 2. The van der Waals surface area contributed by atoms with E-state index in [2.05, 4.69) is 31.2 Å². The van der Waals surface area contributed by atoms with E-state index in [-0.39, 0.29) is 11.9 Å². The molecule has 3 aromatic rings. The third-order valence-electron chi connectivity index (χ3n) is 3.70. The molecule has 1 aromatic carbocycles. The Balaban J connectivity index is 1.88. The number of hydrogen-bond donors (Lipinski definition) is 4. The number of amides is 3. The zero-order valence-electron chi connectivity index (χ0n) is 15.3. The van der Waals surface area contributed by atoms with E-state index in [1.165, 1.54) is 6.20 Å². The van der Waals surface area contributed by atoms with Gasteiger partial charge in [-0.3, -0.25) is 15.1 Å². The number of nitrogens with one attached hydrogen (secondary N) is 4. The van der Waals surface area contributed by atoms with Crippen LogP contribution in [0.5, 0.6) is 0 Å². The van der Waals surface area contributed by atoms with E-state index in [4.69, 9.17) is 0 Å². The standard InChI is InChI=1S/C20H20N6O2/c1-2-22-20(28)26-18-11-17(24-15-9-6-10-21-12-15)16(13-23-18)19(27)25-14-7-4-3-5-8-14/h3-13H,2H2,1H3,(H,25,27)(H3,22,23,24,26,28). The number of rotatable bonds is 6. The van der Waals surface area contributed by atoms with Gasteiger partial charge in [-0.15, -0.1) is 0 Å². The Morgan fingerprint density at radius 1 is 0.964 bits per heavy atom. The zero-order valence-corrected chi connectivity index (χ0v) is 15.3. The smallest absolute Gasteiger partial charge is 0.320 e. The number of pyridine rings is 2. The summed E-state index contributed by atoms with van der Waals surface area (Å²) in [6.45, 7) is 2.31. The fraction of sp³-hybridized carbons (Fsp3) is 0.100. The lowest BCUT2D eigenvalue weighted by Gasteiger charge is -2.14. The molecule has 0 saturated heterocycles. The van der Waals surface area contributed by atoms with E-state index in [1.807, 2.05) is 31.2 Å². The molecule has 3 amide bonds. The van der Waals surface area contributed by atoms with Gasteiger partial charge in [-0.05, 0) is 31.2 Å². The summed E-state index contributed by atoms with van der Waals surface area (Å²) in [5, 5.41) is 11.3. The van der Waals surface area contributed by atoms with Gasteiger partial charge in [-0.1, -0.05) is 18.2 Å². The fourth-order valence-electron chi connectivity index (χ4n) is 2.44. The fourth-order valence-corrected chi connectivity index (χ4v) is 2.44. The van der Waals surface area contributed by atoms with Crippen LogP contribution in [0.15, 0.2) is 67.1 Å². The predicted molar refractivity (Wildman–Crippen MR) is 109 cm³/mol. The van der Waals surface area contributed by atoms with Gasteiger partial charge in [0.05, 0.1) is 23.1 Å². The number of para-hydroxylation sites is 1. The third-order valence-corrected chi connectivity index (χ3v) is 3.70. The van der Waals surface area contributed by atoms with Crippen LogP contribution in [-0.2, 0) is 0 Å². The van der Waals surface area contributed by atoms with Gasteiger partial charge >= 0.3 is 6.03 Å². The molecule has 0 aliphatic rings. The molecule has 0 fully saturated rings. The molecule has 2 heterocycles. The summed E-state index contributed by atoms with van der Waals surface area (Å²) >= 11 is 0. The summed E-state index contributed by atoms with van der Waals surface area (Å²) in [5.74, 6) is -0.0109. The Morgan fingerprint density at radius 3 is 2.46 bits per heavy atom.